The lowest BCUT2D eigenvalue weighted by Crippen LogP contribution is -2.54. The molecule has 1 unspecified atom stereocenters. The summed E-state index contributed by atoms with van der Waals surface area (Å²) in [7, 11) is 0. The highest BCUT2D eigenvalue weighted by Gasteiger charge is 2.25. The standard InChI is InChI=1S/C29H45N3O3/c1-2-3-4-5-6-7-8-9-10-11-12-13-14-15-16-17-18-19-20-21-28(33)31-26-27(29(30)34)32-22-24-35-25-23-32/h3-4,6-7,9-10,12-13,15-16,18-19,27H,2,5,8,11,14,17,20-26H2,1H3,(H2,30,34)(H,31,33)/b4-3-,7-6-,10-9-,13-12-,16-15-,19-18-. The highest BCUT2D eigenvalue weighted by molar-refractivity contribution is 5.82. The van der Waals surface area contributed by atoms with Crippen LogP contribution in [-0.2, 0) is 14.3 Å². The second kappa shape index (κ2) is 21.8. The molecule has 6 heteroatoms. The van der Waals surface area contributed by atoms with Gasteiger partial charge in [0, 0.05) is 26.1 Å². The van der Waals surface area contributed by atoms with Gasteiger partial charge < -0.3 is 15.8 Å². The van der Waals surface area contributed by atoms with Gasteiger partial charge in [-0.3, -0.25) is 14.5 Å². The lowest BCUT2D eigenvalue weighted by Gasteiger charge is -2.32. The molecule has 1 heterocycles. The Kier molecular flexibility index (Phi) is 18.9. The Morgan fingerprint density at radius 3 is 1.71 bits per heavy atom. The number of carbonyl (C=O) groups is 2. The summed E-state index contributed by atoms with van der Waals surface area (Å²) >= 11 is 0. The number of ether oxygens (including phenoxy) is 1. The fraction of sp³-hybridized carbons (Fsp3) is 0.517. The molecular formula is C29H45N3O3. The fourth-order valence-corrected chi connectivity index (χ4v) is 3.45. The molecule has 0 spiro atoms. The van der Waals surface area contributed by atoms with Crippen molar-refractivity contribution in [3.05, 3.63) is 72.9 Å². The molecule has 1 saturated heterocycles. The fourth-order valence-electron chi connectivity index (χ4n) is 3.45. The van der Waals surface area contributed by atoms with Crippen molar-refractivity contribution >= 4 is 11.8 Å². The normalized spacial score (nSPS) is 16.6. The van der Waals surface area contributed by atoms with Crippen molar-refractivity contribution in [2.24, 2.45) is 5.73 Å². The molecule has 0 aromatic rings. The minimum absolute atomic E-state index is 0.0657. The van der Waals surface area contributed by atoms with Crippen LogP contribution in [0.1, 0.15) is 58.3 Å². The maximum absolute atomic E-state index is 12.1. The first-order valence-electron chi connectivity index (χ1n) is 12.9. The van der Waals surface area contributed by atoms with Gasteiger partial charge in [-0.2, -0.15) is 0 Å². The molecule has 1 atom stereocenters. The van der Waals surface area contributed by atoms with E-state index in [-0.39, 0.29) is 12.5 Å². The molecular weight excluding hydrogens is 438 g/mol. The first-order chi connectivity index (χ1) is 17.1. The van der Waals surface area contributed by atoms with Crippen LogP contribution in [0, 0.1) is 0 Å². The summed E-state index contributed by atoms with van der Waals surface area (Å²) in [5.74, 6) is -0.479. The molecule has 0 aromatic carbocycles. The maximum atomic E-state index is 12.1. The molecule has 6 nitrogen and oxygen atoms in total. The third kappa shape index (κ3) is 17.4. The minimum atomic E-state index is -0.478. The molecule has 0 aliphatic carbocycles. The van der Waals surface area contributed by atoms with E-state index in [0.717, 1.165) is 38.5 Å². The largest absolute Gasteiger partial charge is 0.379 e. The van der Waals surface area contributed by atoms with Crippen molar-refractivity contribution in [2.75, 3.05) is 32.8 Å². The Hall–Kier alpha value is -2.70. The van der Waals surface area contributed by atoms with Gasteiger partial charge in [0.15, 0.2) is 0 Å². The SMILES string of the molecule is CC/C=C\C/C=C\C/C=C\C/C=C\C/C=C\C/C=C\CCC(=O)NCC(C(N)=O)N1CCOCC1. The van der Waals surface area contributed by atoms with Crippen LogP contribution in [0.4, 0.5) is 0 Å². The number of morpholine rings is 1. The highest BCUT2D eigenvalue weighted by Crippen LogP contribution is 2.04. The number of rotatable bonds is 18. The molecule has 35 heavy (non-hydrogen) atoms. The molecule has 0 radical (unpaired) electrons. The average molecular weight is 484 g/mol. The lowest BCUT2D eigenvalue weighted by atomic mass is 10.2. The summed E-state index contributed by atoms with van der Waals surface area (Å²) in [6.07, 6.45) is 32.9. The summed E-state index contributed by atoms with van der Waals surface area (Å²) in [5, 5.41) is 2.83. The number of allylic oxidation sites excluding steroid dienone is 12. The first-order valence-corrected chi connectivity index (χ1v) is 12.9. The van der Waals surface area contributed by atoms with E-state index >= 15 is 0 Å². The zero-order valence-corrected chi connectivity index (χ0v) is 21.4. The minimum Gasteiger partial charge on any atom is -0.379 e. The number of nitrogens with two attached hydrogens (primary N) is 1. The van der Waals surface area contributed by atoms with Gasteiger partial charge in [-0.25, -0.2) is 0 Å². The molecule has 1 rings (SSSR count). The van der Waals surface area contributed by atoms with Crippen LogP contribution in [-0.4, -0.2) is 55.6 Å². The predicted molar refractivity (Wildman–Crippen MR) is 146 cm³/mol. The molecule has 1 aliphatic heterocycles. The van der Waals surface area contributed by atoms with Gasteiger partial charge in [-0.05, 0) is 44.9 Å². The number of nitrogens with one attached hydrogen (secondary N) is 1. The molecule has 0 saturated carbocycles. The number of amides is 2. The Balaban J connectivity index is 2.05. The van der Waals surface area contributed by atoms with E-state index in [4.69, 9.17) is 10.5 Å². The second-order valence-corrected chi connectivity index (χ2v) is 8.32. The van der Waals surface area contributed by atoms with Crippen LogP contribution in [0.25, 0.3) is 0 Å². The van der Waals surface area contributed by atoms with Gasteiger partial charge in [0.05, 0.1) is 13.2 Å². The van der Waals surface area contributed by atoms with Gasteiger partial charge in [0.2, 0.25) is 11.8 Å². The second-order valence-electron chi connectivity index (χ2n) is 8.32. The van der Waals surface area contributed by atoms with E-state index in [1.165, 1.54) is 0 Å². The Bertz CT molecular complexity index is 744. The summed E-state index contributed by atoms with van der Waals surface area (Å²) < 4.78 is 5.30. The topological polar surface area (TPSA) is 84.7 Å². The summed E-state index contributed by atoms with van der Waals surface area (Å²) in [6.45, 7) is 4.87. The molecule has 3 N–H and O–H groups in total. The Morgan fingerprint density at radius 2 is 1.26 bits per heavy atom. The molecule has 0 aromatic heterocycles. The highest BCUT2D eigenvalue weighted by atomic mass is 16.5. The van der Waals surface area contributed by atoms with Gasteiger partial charge >= 0.3 is 0 Å². The van der Waals surface area contributed by atoms with Crippen LogP contribution in [0.2, 0.25) is 0 Å². The van der Waals surface area contributed by atoms with Crippen LogP contribution < -0.4 is 11.1 Å². The number of hydrogen-bond acceptors (Lipinski definition) is 4. The predicted octanol–water partition coefficient (Wildman–Crippen LogP) is 4.77. The van der Waals surface area contributed by atoms with Crippen LogP contribution in [0.5, 0.6) is 0 Å². The third-order valence-corrected chi connectivity index (χ3v) is 5.44. The molecule has 1 aliphatic rings. The monoisotopic (exact) mass is 483 g/mol. The smallest absolute Gasteiger partial charge is 0.236 e. The van der Waals surface area contributed by atoms with Crippen molar-refractivity contribution in [2.45, 2.75) is 64.3 Å². The first kappa shape index (κ1) is 30.3. The maximum Gasteiger partial charge on any atom is 0.236 e. The summed E-state index contributed by atoms with van der Waals surface area (Å²) in [6, 6.07) is -0.478. The van der Waals surface area contributed by atoms with E-state index < -0.39 is 11.9 Å². The number of primary amides is 1. The van der Waals surface area contributed by atoms with Gasteiger partial charge in [-0.1, -0.05) is 79.8 Å². The van der Waals surface area contributed by atoms with Gasteiger partial charge in [0.25, 0.3) is 0 Å². The Labute approximate surface area is 212 Å². The van der Waals surface area contributed by atoms with E-state index in [1.807, 2.05) is 11.0 Å². The quantitative estimate of drug-likeness (QED) is 0.275. The molecule has 1 fully saturated rings. The van der Waals surface area contributed by atoms with Crippen molar-refractivity contribution in [1.29, 1.82) is 0 Å². The molecule has 2 amide bonds. The zero-order chi connectivity index (χ0) is 25.4. The van der Waals surface area contributed by atoms with Crippen LogP contribution >= 0.6 is 0 Å². The van der Waals surface area contributed by atoms with Crippen molar-refractivity contribution in [3.8, 4) is 0 Å². The number of nitrogens with zero attached hydrogens (tertiary/aromatic N) is 1. The van der Waals surface area contributed by atoms with Crippen LogP contribution in [0.3, 0.4) is 0 Å². The third-order valence-electron chi connectivity index (χ3n) is 5.44. The van der Waals surface area contributed by atoms with Crippen LogP contribution in [0.15, 0.2) is 72.9 Å². The number of hydrogen-bond donors (Lipinski definition) is 2. The van der Waals surface area contributed by atoms with Gasteiger partial charge in [0.1, 0.15) is 6.04 Å². The lowest BCUT2D eigenvalue weighted by molar-refractivity contribution is -0.126. The van der Waals surface area contributed by atoms with Crippen molar-refractivity contribution in [3.63, 3.8) is 0 Å². The summed E-state index contributed by atoms with van der Waals surface area (Å²) in [4.78, 5) is 25.7. The zero-order valence-electron chi connectivity index (χ0n) is 21.4. The molecule has 0 bridgehead atoms. The van der Waals surface area contributed by atoms with E-state index in [2.05, 4.69) is 79.1 Å². The summed E-state index contributed by atoms with van der Waals surface area (Å²) in [5.41, 5.74) is 5.50. The van der Waals surface area contributed by atoms with E-state index in [9.17, 15) is 9.59 Å². The van der Waals surface area contributed by atoms with Gasteiger partial charge in [-0.15, -0.1) is 0 Å². The number of carbonyl (C=O) groups excluding carboxylic acids is 2. The van der Waals surface area contributed by atoms with Crippen molar-refractivity contribution in [1.82, 2.24) is 10.2 Å². The van der Waals surface area contributed by atoms with Crippen molar-refractivity contribution < 1.29 is 14.3 Å². The average Bonchev–Trinajstić information content (AvgIpc) is 2.86. The van der Waals surface area contributed by atoms with E-state index in [1.54, 1.807) is 0 Å². The Morgan fingerprint density at radius 1 is 0.800 bits per heavy atom. The van der Waals surface area contributed by atoms with E-state index in [0.29, 0.717) is 39.1 Å². The molecule has 194 valence electrons.